The number of nitrogens with two attached hydrogens (primary N) is 1. The van der Waals surface area contributed by atoms with Crippen molar-refractivity contribution >= 4 is 11.6 Å². The highest BCUT2D eigenvalue weighted by Crippen LogP contribution is 2.30. The summed E-state index contributed by atoms with van der Waals surface area (Å²) in [7, 11) is 0. The zero-order chi connectivity index (χ0) is 13.3. The summed E-state index contributed by atoms with van der Waals surface area (Å²) in [6.45, 7) is -1.42. The summed E-state index contributed by atoms with van der Waals surface area (Å²) in [5, 5.41) is 3.78. The molecule has 0 spiro atoms. The number of hydrogen-bond acceptors (Lipinski definition) is 3. The van der Waals surface area contributed by atoms with E-state index in [-0.39, 0.29) is 12.6 Å². The van der Waals surface area contributed by atoms with Crippen LogP contribution in [0.5, 0.6) is 0 Å². The van der Waals surface area contributed by atoms with Gasteiger partial charge >= 0.3 is 6.18 Å². The van der Waals surface area contributed by atoms with E-state index in [0.29, 0.717) is 18.5 Å². The van der Waals surface area contributed by atoms with Gasteiger partial charge in [0.25, 0.3) is 0 Å². The molecule has 1 aromatic rings. The van der Waals surface area contributed by atoms with Gasteiger partial charge < -0.3 is 10.6 Å². The predicted molar refractivity (Wildman–Crippen MR) is 57.4 cm³/mol. The number of nitrogen functional groups attached to an aromatic ring is 1. The molecule has 0 aromatic carbocycles. The number of halogens is 3. The molecule has 1 aliphatic carbocycles. The molecule has 1 heterocycles. The Balaban J connectivity index is 2.00. The summed E-state index contributed by atoms with van der Waals surface area (Å²) in [5.74, 6) is -0.585. The SMILES string of the molecule is Nc1cnn(CC(=O)N(CC(F)(F)F)C2CC2)c1. The number of carbonyl (C=O) groups excluding carboxylic acids is 1. The highest BCUT2D eigenvalue weighted by Gasteiger charge is 2.40. The predicted octanol–water partition coefficient (Wildman–Crippen LogP) is 1.02. The van der Waals surface area contributed by atoms with Crippen LogP contribution in [0.1, 0.15) is 12.8 Å². The lowest BCUT2D eigenvalue weighted by atomic mass is 10.4. The molecule has 1 aromatic heterocycles. The van der Waals surface area contributed by atoms with Crippen LogP contribution in [0.15, 0.2) is 12.4 Å². The first-order valence-electron chi connectivity index (χ1n) is 5.49. The number of nitrogens with zero attached hydrogens (tertiary/aromatic N) is 3. The smallest absolute Gasteiger partial charge is 0.396 e. The van der Waals surface area contributed by atoms with Gasteiger partial charge in [-0.2, -0.15) is 18.3 Å². The van der Waals surface area contributed by atoms with Crippen molar-refractivity contribution in [2.24, 2.45) is 0 Å². The van der Waals surface area contributed by atoms with Crippen molar-refractivity contribution < 1.29 is 18.0 Å². The first kappa shape index (κ1) is 12.7. The van der Waals surface area contributed by atoms with Gasteiger partial charge in [0.1, 0.15) is 13.1 Å². The Morgan fingerprint density at radius 2 is 2.22 bits per heavy atom. The number of hydrogen-bond donors (Lipinski definition) is 1. The number of aromatic nitrogens is 2. The van der Waals surface area contributed by atoms with E-state index in [9.17, 15) is 18.0 Å². The lowest BCUT2D eigenvalue weighted by Crippen LogP contribution is -2.42. The third-order valence-corrected chi connectivity index (χ3v) is 2.61. The third-order valence-electron chi connectivity index (χ3n) is 2.61. The molecule has 0 saturated heterocycles. The van der Waals surface area contributed by atoms with Crippen LogP contribution in [0.2, 0.25) is 0 Å². The van der Waals surface area contributed by atoms with Crippen molar-refractivity contribution in [1.29, 1.82) is 0 Å². The topological polar surface area (TPSA) is 64.1 Å². The van der Waals surface area contributed by atoms with Crippen molar-refractivity contribution in [2.45, 2.75) is 31.6 Å². The fourth-order valence-corrected chi connectivity index (χ4v) is 1.70. The van der Waals surface area contributed by atoms with Gasteiger partial charge in [0, 0.05) is 12.2 Å². The number of amides is 1. The minimum Gasteiger partial charge on any atom is -0.396 e. The summed E-state index contributed by atoms with van der Waals surface area (Å²) in [6, 6.07) is -0.285. The minimum absolute atomic E-state index is 0.218. The van der Waals surface area contributed by atoms with Gasteiger partial charge in [-0.1, -0.05) is 0 Å². The van der Waals surface area contributed by atoms with Gasteiger partial charge in [-0.05, 0) is 12.8 Å². The zero-order valence-corrected chi connectivity index (χ0v) is 9.52. The Morgan fingerprint density at radius 1 is 1.56 bits per heavy atom. The molecular weight excluding hydrogens is 249 g/mol. The third kappa shape index (κ3) is 3.38. The monoisotopic (exact) mass is 262 g/mol. The molecule has 100 valence electrons. The van der Waals surface area contributed by atoms with Gasteiger partial charge in [0.05, 0.1) is 11.9 Å². The second-order valence-corrected chi connectivity index (χ2v) is 4.34. The van der Waals surface area contributed by atoms with Gasteiger partial charge in [0.2, 0.25) is 5.91 Å². The van der Waals surface area contributed by atoms with Crippen LogP contribution >= 0.6 is 0 Å². The van der Waals surface area contributed by atoms with E-state index in [1.165, 1.54) is 17.1 Å². The Morgan fingerprint density at radius 3 is 2.67 bits per heavy atom. The van der Waals surface area contributed by atoms with Crippen LogP contribution in [0, 0.1) is 0 Å². The average molecular weight is 262 g/mol. The Labute approximate surface area is 101 Å². The normalized spacial score (nSPS) is 15.7. The Kier molecular flexibility index (Phi) is 3.18. The molecule has 0 radical (unpaired) electrons. The highest BCUT2D eigenvalue weighted by atomic mass is 19.4. The maximum absolute atomic E-state index is 12.4. The van der Waals surface area contributed by atoms with Crippen molar-refractivity contribution in [3.8, 4) is 0 Å². The molecule has 2 N–H and O–H groups in total. The van der Waals surface area contributed by atoms with E-state index in [0.717, 1.165) is 4.90 Å². The van der Waals surface area contributed by atoms with Gasteiger partial charge in [-0.25, -0.2) is 0 Å². The summed E-state index contributed by atoms with van der Waals surface area (Å²) >= 11 is 0. The molecule has 18 heavy (non-hydrogen) atoms. The lowest BCUT2D eigenvalue weighted by Gasteiger charge is -2.23. The Hall–Kier alpha value is -1.73. The molecule has 0 unspecified atom stereocenters. The van der Waals surface area contributed by atoms with E-state index in [1.54, 1.807) is 0 Å². The molecule has 0 atom stereocenters. The summed E-state index contributed by atoms with van der Waals surface area (Å²) in [4.78, 5) is 12.7. The van der Waals surface area contributed by atoms with E-state index in [1.807, 2.05) is 0 Å². The first-order chi connectivity index (χ1) is 8.35. The molecule has 8 heteroatoms. The molecule has 1 aliphatic rings. The number of carbonyl (C=O) groups is 1. The second kappa shape index (κ2) is 4.51. The number of rotatable bonds is 4. The standard InChI is InChI=1S/C10H13F3N4O/c11-10(12,13)6-17(8-1-2-8)9(18)5-16-4-7(14)3-15-16/h3-4,8H,1-2,5-6,14H2. The maximum Gasteiger partial charge on any atom is 0.406 e. The minimum atomic E-state index is -4.37. The molecular formula is C10H13F3N4O. The van der Waals surface area contributed by atoms with Crippen LogP contribution in [0.4, 0.5) is 18.9 Å². The van der Waals surface area contributed by atoms with Crippen LogP contribution in [0.25, 0.3) is 0 Å². The summed E-state index contributed by atoms with van der Waals surface area (Å²) in [5.41, 5.74) is 5.79. The molecule has 1 amide bonds. The molecule has 2 rings (SSSR count). The van der Waals surface area contributed by atoms with Crippen molar-refractivity contribution in [2.75, 3.05) is 12.3 Å². The largest absolute Gasteiger partial charge is 0.406 e. The van der Waals surface area contributed by atoms with E-state index in [4.69, 9.17) is 5.73 Å². The second-order valence-electron chi connectivity index (χ2n) is 4.34. The van der Waals surface area contributed by atoms with E-state index >= 15 is 0 Å². The van der Waals surface area contributed by atoms with Gasteiger partial charge in [-0.3, -0.25) is 9.48 Å². The van der Waals surface area contributed by atoms with Crippen LogP contribution in [0.3, 0.4) is 0 Å². The van der Waals surface area contributed by atoms with Crippen molar-refractivity contribution in [1.82, 2.24) is 14.7 Å². The van der Waals surface area contributed by atoms with Crippen LogP contribution in [-0.4, -0.2) is 39.4 Å². The van der Waals surface area contributed by atoms with Gasteiger partial charge in [0.15, 0.2) is 0 Å². The lowest BCUT2D eigenvalue weighted by molar-refractivity contribution is -0.162. The molecule has 0 aliphatic heterocycles. The van der Waals surface area contributed by atoms with Crippen LogP contribution < -0.4 is 5.73 Å². The number of anilines is 1. The zero-order valence-electron chi connectivity index (χ0n) is 9.52. The molecule has 5 nitrogen and oxygen atoms in total. The van der Waals surface area contributed by atoms with Crippen molar-refractivity contribution in [3.63, 3.8) is 0 Å². The molecule has 1 fully saturated rings. The van der Waals surface area contributed by atoms with Gasteiger partial charge in [-0.15, -0.1) is 0 Å². The van der Waals surface area contributed by atoms with Crippen molar-refractivity contribution in [3.05, 3.63) is 12.4 Å². The van der Waals surface area contributed by atoms with E-state index < -0.39 is 18.6 Å². The average Bonchev–Trinajstić information content (AvgIpc) is 2.99. The molecule has 0 bridgehead atoms. The quantitative estimate of drug-likeness (QED) is 0.881. The summed E-state index contributed by atoms with van der Waals surface area (Å²) in [6.07, 6.45) is -0.359. The van der Waals surface area contributed by atoms with E-state index in [2.05, 4.69) is 5.10 Å². The highest BCUT2D eigenvalue weighted by molar-refractivity contribution is 5.76. The maximum atomic E-state index is 12.4. The Bertz CT molecular complexity index is 439. The first-order valence-corrected chi connectivity index (χ1v) is 5.49. The van der Waals surface area contributed by atoms with Crippen LogP contribution in [-0.2, 0) is 11.3 Å². The number of alkyl halides is 3. The fraction of sp³-hybridized carbons (Fsp3) is 0.600. The summed E-state index contributed by atoms with van der Waals surface area (Å²) < 4.78 is 38.3. The fourth-order valence-electron chi connectivity index (χ4n) is 1.70. The molecule has 1 saturated carbocycles.